The maximum absolute atomic E-state index is 12.6. The number of methoxy groups -OCH3 is 1. The Hall–Kier alpha value is -3.55. The van der Waals surface area contributed by atoms with Crippen LogP contribution in [0.5, 0.6) is 5.75 Å². The van der Waals surface area contributed by atoms with Gasteiger partial charge in [0.25, 0.3) is 5.91 Å². The Morgan fingerprint density at radius 2 is 1.87 bits per heavy atom. The Morgan fingerprint density at radius 3 is 2.57 bits per heavy atom. The van der Waals surface area contributed by atoms with Crippen LogP contribution < -0.4 is 20.3 Å². The molecule has 1 aliphatic heterocycles. The number of anilines is 2. The van der Waals surface area contributed by atoms with Gasteiger partial charge >= 0.3 is 5.97 Å². The average molecular weight is 411 g/mol. The molecule has 0 radical (unpaired) electrons. The summed E-state index contributed by atoms with van der Waals surface area (Å²) in [5.41, 5.74) is 1.72. The number of amides is 2. The molecular weight excluding hydrogens is 386 g/mol. The molecule has 0 saturated heterocycles. The van der Waals surface area contributed by atoms with Crippen molar-refractivity contribution in [3.63, 3.8) is 0 Å². The predicted molar refractivity (Wildman–Crippen MR) is 113 cm³/mol. The van der Waals surface area contributed by atoms with Crippen LogP contribution >= 0.6 is 0 Å². The molecule has 0 aliphatic carbocycles. The van der Waals surface area contributed by atoms with E-state index < -0.39 is 12.1 Å². The van der Waals surface area contributed by atoms with Crippen molar-refractivity contribution >= 4 is 29.2 Å². The number of ether oxygens (including phenoxy) is 2. The first-order valence-electron chi connectivity index (χ1n) is 9.78. The molecule has 0 unspecified atom stereocenters. The van der Waals surface area contributed by atoms with E-state index in [2.05, 4.69) is 15.4 Å². The van der Waals surface area contributed by atoms with Gasteiger partial charge < -0.3 is 25.0 Å². The third-order valence-corrected chi connectivity index (χ3v) is 4.63. The van der Waals surface area contributed by atoms with Gasteiger partial charge in [-0.2, -0.15) is 0 Å². The van der Waals surface area contributed by atoms with Crippen molar-refractivity contribution in [1.29, 1.82) is 0 Å². The Balaban J connectivity index is 1.68. The van der Waals surface area contributed by atoms with Crippen LogP contribution in [0, 0.1) is 0 Å². The van der Waals surface area contributed by atoms with E-state index in [1.807, 2.05) is 30.0 Å². The number of hydrogen-bond donors (Lipinski definition) is 2. The zero-order valence-electron chi connectivity index (χ0n) is 17.0. The van der Waals surface area contributed by atoms with Crippen LogP contribution in [0.15, 0.2) is 48.5 Å². The lowest BCUT2D eigenvalue weighted by molar-refractivity contribution is -0.128. The van der Waals surface area contributed by atoms with Crippen molar-refractivity contribution in [2.45, 2.75) is 19.4 Å². The molecule has 0 bridgehead atoms. The molecule has 158 valence electrons. The van der Waals surface area contributed by atoms with Crippen LogP contribution in [0.2, 0.25) is 0 Å². The number of benzene rings is 2. The van der Waals surface area contributed by atoms with Gasteiger partial charge in [0, 0.05) is 12.2 Å². The number of para-hydroxylation sites is 2. The summed E-state index contributed by atoms with van der Waals surface area (Å²) < 4.78 is 10.5. The molecule has 8 nitrogen and oxygen atoms in total. The van der Waals surface area contributed by atoms with Gasteiger partial charge in [0.15, 0.2) is 6.10 Å². The Kier molecular flexibility index (Phi) is 6.90. The van der Waals surface area contributed by atoms with Crippen LogP contribution in [0.4, 0.5) is 11.4 Å². The summed E-state index contributed by atoms with van der Waals surface area (Å²) in [6, 6.07) is 13.8. The second-order valence-corrected chi connectivity index (χ2v) is 6.86. The van der Waals surface area contributed by atoms with E-state index in [9.17, 15) is 14.4 Å². The lowest BCUT2D eigenvalue weighted by atomic mass is 10.1. The molecule has 8 heteroatoms. The van der Waals surface area contributed by atoms with Crippen LogP contribution in [0.1, 0.15) is 23.7 Å². The number of carbonyl (C=O) groups is 3. The highest BCUT2D eigenvalue weighted by Gasteiger charge is 2.31. The van der Waals surface area contributed by atoms with Crippen molar-refractivity contribution in [2.75, 3.05) is 37.0 Å². The van der Waals surface area contributed by atoms with Gasteiger partial charge in [-0.1, -0.05) is 19.1 Å². The molecule has 2 aromatic carbocycles. The number of nitrogens with zero attached hydrogens (tertiary/aromatic N) is 1. The molecule has 2 N–H and O–H groups in total. The van der Waals surface area contributed by atoms with E-state index >= 15 is 0 Å². The molecule has 1 heterocycles. The fourth-order valence-electron chi connectivity index (χ4n) is 3.14. The molecule has 0 spiro atoms. The average Bonchev–Trinajstić information content (AvgIpc) is 2.77. The summed E-state index contributed by atoms with van der Waals surface area (Å²) in [5.74, 6) is -0.318. The Morgan fingerprint density at radius 1 is 1.13 bits per heavy atom. The smallest absolute Gasteiger partial charge is 0.337 e. The standard InChI is InChI=1S/C22H25N3O5/c1-3-12-23-21(27)19-13-25(17-6-4-5-7-18(17)30-19)14-20(26)24-16-10-8-15(9-11-16)22(28)29-2/h4-11,19H,3,12-14H2,1-2H3,(H,23,27)(H,24,26)/t19-/m1/s1. The number of esters is 1. The molecule has 0 saturated carbocycles. The Labute approximate surface area is 175 Å². The second-order valence-electron chi connectivity index (χ2n) is 6.86. The van der Waals surface area contributed by atoms with E-state index in [0.717, 1.165) is 12.1 Å². The summed E-state index contributed by atoms with van der Waals surface area (Å²) in [4.78, 5) is 38.4. The first-order chi connectivity index (χ1) is 14.5. The summed E-state index contributed by atoms with van der Waals surface area (Å²) in [6.07, 6.45) is 0.134. The summed E-state index contributed by atoms with van der Waals surface area (Å²) in [5, 5.41) is 5.65. The van der Waals surface area contributed by atoms with Crippen molar-refractivity contribution in [2.24, 2.45) is 0 Å². The quantitative estimate of drug-likeness (QED) is 0.678. The van der Waals surface area contributed by atoms with Gasteiger partial charge in [-0.3, -0.25) is 9.59 Å². The van der Waals surface area contributed by atoms with Crippen molar-refractivity contribution in [3.8, 4) is 5.75 Å². The summed E-state index contributed by atoms with van der Waals surface area (Å²) in [6.45, 7) is 2.87. The zero-order chi connectivity index (χ0) is 21.5. The predicted octanol–water partition coefficient (Wildman–Crippen LogP) is 2.21. The lowest BCUT2D eigenvalue weighted by Crippen LogP contribution is -2.50. The number of carbonyl (C=O) groups excluding carboxylic acids is 3. The Bertz CT molecular complexity index is 913. The van der Waals surface area contributed by atoms with Gasteiger partial charge in [-0.15, -0.1) is 0 Å². The van der Waals surface area contributed by atoms with E-state index in [4.69, 9.17) is 4.74 Å². The maximum Gasteiger partial charge on any atom is 0.337 e. The van der Waals surface area contributed by atoms with Crippen LogP contribution in [-0.2, 0) is 14.3 Å². The fraction of sp³-hybridized carbons (Fsp3) is 0.318. The molecule has 0 aromatic heterocycles. The number of hydrogen-bond acceptors (Lipinski definition) is 6. The first-order valence-corrected chi connectivity index (χ1v) is 9.78. The SMILES string of the molecule is CCCNC(=O)[C@H]1CN(CC(=O)Nc2ccc(C(=O)OC)cc2)c2ccccc2O1. The monoisotopic (exact) mass is 411 g/mol. The summed E-state index contributed by atoms with van der Waals surface area (Å²) >= 11 is 0. The van der Waals surface area contributed by atoms with E-state index in [1.165, 1.54) is 7.11 Å². The van der Waals surface area contributed by atoms with Crippen molar-refractivity contribution < 1.29 is 23.9 Å². The molecule has 30 heavy (non-hydrogen) atoms. The van der Waals surface area contributed by atoms with E-state index in [-0.39, 0.29) is 24.9 Å². The third-order valence-electron chi connectivity index (χ3n) is 4.63. The van der Waals surface area contributed by atoms with Gasteiger partial charge in [0.2, 0.25) is 5.91 Å². The fourth-order valence-corrected chi connectivity index (χ4v) is 3.14. The highest BCUT2D eigenvalue weighted by Crippen LogP contribution is 2.33. The summed E-state index contributed by atoms with van der Waals surface area (Å²) in [7, 11) is 1.31. The van der Waals surface area contributed by atoms with Gasteiger partial charge in [0.1, 0.15) is 5.75 Å². The van der Waals surface area contributed by atoms with Crippen LogP contribution in [-0.4, -0.2) is 50.6 Å². The highest BCUT2D eigenvalue weighted by atomic mass is 16.5. The van der Waals surface area contributed by atoms with Crippen molar-refractivity contribution in [3.05, 3.63) is 54.1 Å². The third kappa shape index (κ3) is 5.08. The van der Waals surface area contributed by atoms with E-state index in [0.29, 0.717) is 23.5 Å². The number of fused-ring (bicyclic) bond motifs is 1. The lowest BCUT2D eigenvalue weighted by Gasteiger charge is -2.35. The zero-order valence-corrected chi connectivity index (χ0v) is 17.0. The van der Waals surface area contributed by atoms with Crippen molar-refractivity contribution in [1.82, 2.24) is 5.32 Å². The normalized spacial score (nSPS) is 14.9. The minimum Gasteiger partial charge on any atom is -0.477 e. The molecular formula is C22H25N3O5. The van der Waals surface area contributed by atoms with E-state index in [1.54, 1.807) is 30.3 Å². The minimum absolute atomic E-state index is 0.0523. The number of nitrogens with one attached hydrogen (secondary N) is 2. The maximum atomic E-state index is 12.6. The highest BCUT2D eigenvalue weighted by molar-refractivity contribution is 5.96. The molecule has 1 atom stereocenters. The van der Waals surface area contributed by atoms with Gasteiger partial charge in [-0.25, -0.2) is 4.79 Å². The van der Waals surface area contributed by atoms with Crippen LogP contribution in [0.25, 0.3) is 0 Å². The molecule has 2 aromatic rings. The number of rotatable bonds is 7. The largest absolute Gasteiger partial charge is 0.477 e. The first kappa shape index (κ1) is 21.2. The molecule has 1 aliphatic rings. The second kappa shape index (κ2) is 9.78. The molecule has 0 fully saturated rings. The molecule has 3 rings (SSSR count). The molecule has 2 amide bonds. The topological polar surface area (TPSA) is 97.0 Å². The van der Waals surface area contributed by atoms with Gasteiger partial charge in [-0.05, 0) is 42.8 Å². The van der Waals surface area contributed by atoms with Crippen LogP contribution in [0.3, 0.4) is 0 Å². The van der Waals surface area contributed by atoms with Gasteiger partial charge in [0.05, 0.1) is 31.5 Å². The minimum atomic E-state index is -0.696.